The summed E-state index contributed by atoms with van der Waals surface area (Å²) in [5.41, 5.74) is 7.73. The molecule has 0 aromatic heterocycles. The Labute approximate surface area is 172 Å². The van der Waals surface area contributed by atoms with Crippen LogP contribution >= 0.6 is 0 Å². The largest absolute Gasteiger partial charge is 0.480 e. The van der Waals surface area contributed by atoms with E-state index in [0.29, 0.717) is 32.1 Å². The van der Waals surface area contributed by atoms with Crippen LogP contribution in [0.3, 0.4) is 0 Å². The highest BCUT2D eigenvalue weighted by Crippen LogP contribution is 2.21. The molecular weight excluding hydrogens is 370 g/mol. The van der Waals surface area contributed by atoms with Crippen LogP contribution in [0.15, 0.2) is 24.3 Å². The molecule has 2 rings (SSSR count). The van der Waals surface area contributed by atoms with E-state index in [-0.39, 0.29) is 30.6 Å². The number of carbonyl (C=O) groups is 3. The number of benzene rings is 1. The number of nitrogens with zero attached hydrogens (tertiary/aromatic N) is 2. The highest BCUT2D eigenvalue weighted by atomic mass is 16.4. The molecule has 1 heterocycles. The Bertz CT molecular complexity index is 709. The average molecular weight is 404 g/mol. The van der Waals surface area contributed by atoms with Crippen LogP contribution in [-0.2, 0) is 20.8 Å². The first kappa shape index (κ1) is 22.9. The van der Waals surface area contributed by atoms with Crippen molar-refractivity contribution >= 4 is 17.8 Å². The van der Waals surface area contributed by atoms with Gasteiger partial charge in [-0.05, 0) is 36.8 Å². The third kappa shape index (κ3) is 6.56. The Balaban J connectivity index is 1.84. The molecule has 1 saturated heterocycles. The van der Waals surface area contributed by atoms with Gasteiger partial charge in [0.15, 0.2) is 0 Å². The molecule has 0 radical (unpaired) electrons. The normalized spacial score (nSPS) is 16.6. The predicted octanol–water partition coefficient (Wildman–Crippen LogP) is 1.85. The maximum atomic E-state index is 12.9. The van der Waals surface area contributed by atoms with E-state index in [1.165, 1.54) is 5.56 Å². The number of carboxylic acid groups (broad SMARTS) is 1. The molecule has 1 fully saturated rings. The zero-order valence-corrected chi connectivity index (χ0v) is 17.6. The Hall–Kier alpha value is -2.41. The van der Waals surface area contributed by atoms with Crippen LogP contribution in [0.1, 0.15) is 50.7 Å². The molecule has 1 aliphatic rings. The first-order valence-electron chi connectivity index (χ1n) is 10.3. The molecule has 1 aromatic carbocycles. The zero-order chi connectivity index (χ0) is 21.6. The van der Waals surface area contributed by atoms with Gasteiger partial charge < -0.3 is 20.6 Å². The summed E-state index contributed by atoms with van der Waals surface area (Å²) in [5.74, 6) is -0.763. The molecule has 0 unspecified atom stereocenters. The van der Waals surface area contributed by atoms with Gasteiger partial charge >= 0.3 is 5.97 Å². The van der Waals surface area contributed by atoms with Gasteiger partial charge in [-0.1, -0.05) is 38.1 Å². The maximum absolute atomic E-state index is 12.9. The van der Waals surface area contributed by atoms with Crippen LogP contribution < -0.4 is 5.73 Å². The number of piperazine rings is 1. The molecule has 7 nitrogen and oxygen atoms in total. The minimum atomic E-state index is -1.10. The van der Waals surface area contributed by atoms with Crippen molar-refractivity contribution in [1.82, 2.24) is 9.80 Å². The highest BCUT2D eigenvalue weighted by Gasteiger charge is 2.28. The van der Waals surface area contributed by atoms with Gasteiger partial charge in [-0.3, -0.25) is 14.4 Å². The molecule has 3 N–H and O–H groups in total. The number of hydrogen-bond donors (Lipinski definition) is 2. The van der Waals surface area contributed by atoms with Crippen molar-refractivity contribution in [1.29, 1.82) is 0 Å². The van der Waals surface area contributed by atoms with Gasteiger partial charge in [-0.15, -0.1) is 0 Å². The molecule has 0 saturated carbocycles. The molecule has 0 bridgehead atoms. The van der Waals surface area contributed by atoms with Gasteiger partial charge in [0.2, 0.25) is 11.8 Å². The molecule has 2 amide bonds. The smallest absolute Gasteiger partial charge is 0.320 e. The summed E-state index contributed by atoms with van der Waals surface area (Å²) in [6, 6.07) is 7.24. The van der Waals surface area contributed by atoms with Crippen molar-refractivity contribution in [3.63, 3.8) is 0 Å². The van der Waals surface area contributed by atoms with Crippen molar-refractivity contribution in [2.45, 2.75) is 52.0 Å². The minimum absolute atomic E-state index is 0.0709. The van der Waals surface area contributed by atoms with Gasteiger partial charge in [0.25, 0.3) is 0 Å². The Morgan fingerprint density at radius 1 is 1.00 bits per heavy atom. The summed E-state index contributed by atoms with van der Waals surface area (Å²) in [6.07, 6.45) is 1.26. The second kappa shape index (κ2) is 10.4. The third-order valence-corrected chi connectivity index (χ3v) is 5.42. The summed E-state index contributed by atoms with van der Waals surface area (Å²) in [4.78, 5) is 39.4. The second-order valence-corrected chi connectivity index (χ2v) is 8.25. The predicted molar refractivity (Wildman–Crippen MR) is 111 cm³/mol. The molecule has 2 atom stereocenters. The Morgan fingerprint density at radius 2 is 1.55 bits per heavy atom. The molecule has 7 heteroatoms. The van der Waals surface area contributed by atoms with Gasteiger partial charge in [0.1, 0.15) is 6.04 Å². The summed E-state index contributed by atoms with van der Waals surface area (Å²) in [6.45, 7) is 8.21. The van der Waals surface area contributed by atoms with E-state index in [4.69, 9.17) is 10.8 Å². The van der Waals surface area contributed by atoms with Crippen molar-refractivity contribution in [3.05, 3.63) is 35.4 Å². The molecular formula is C22H33N3O4. The number of carboxylic acids is 1. The quantitative estimate of drug-likeness (QED) is 0.689. The van der Waals surface area contributed by atoms with Crippen LogP contribution in [0.5, 0.6) is 0 Å². The minimum Gasteiger partial charge on any atom is -0.480 e. The topological polar surface area (TPSA) is 104 Å². The molecule has 1 aliphatic heterocycles. The van der Waals surface area contributed by atoms with Crippen LogP contribution in [0.4, 0.5) is 0 Å². The van der Waals surface area contributed by atoms with Crippen molar-refractivity contribution in [3.8, 4) is 0 Å². The Morgan fingerprint density at radius 3 is 2.07 bits per heavy atom. The Kier molecular flexibility index (Phi) is 8.20. The van der Waals surface area contributed by atoms with E-state index in [9.17, 15) is 14.4 Å². The van der Waals surface area contributed by atoms with Crippen LogP contribution in [-0.4, -0.2) is 64.9 Å². The summed E-state index contributed by atoms with van der Waals surface area (Å²) in [7, 11) is 0. The molecule has 160 valence electrons. The number of rotatable bonds is 8. The van der Waals surface area contributed by atoms with Crippen LogP contribution in [0, 0.1) is 5.92 Å². The lowest BCUT2D eigenvalue weighted by Crippen LogP contribution is -2.51. The van der Waals surface area contributed by atoms with Gasteiger partial charge in [0.05, 0.1) is 5.92 Å². The maximum Gasteiger partial charge on any atom is 0.320 e. The lowest BCUT2D eigenvalue weighted by atomic mass is 9.95. The highest BCUT2D eigenvalue weighted by molar-refractivity contribution is 5.84. The van der Waals surface area contributed by atoms with Gasteiger partial charge in [0, 0.05) is 32.6 Å². The van der Waals surface area contributed by atoms with E-state index < -0.39 is 12.0 Å². The summed E-state index contributed by atoms with van der Waals surface area (Å²) < 4.78 is 0. The number of nitrogens with two attached hydrogens (primary N) is 1. The molecule has 0 spiro atoms. The lowest BCUT2D eigenvalue weighted by Gasteiger charge is -2.36. The average Bonchev–Trinajstić information content (AvgIpc) is 2.70. The van der Waals surface area contributed by atoms with E-state index in [0.717, 1.165) is 12.0 Å². The van der Waals surface area contributed by atoms with Crippen LogP contribution in [0.25, 0.3) is 0 Å². The first-order chi connectivity index (χ1) is 13.7. The molecule has 0 aliphatic carbocycles. The second-order valence-electron chi connectivity index (χ2n) is 8.25. The fraction of sp³-hybridized carbons (Fsp3) is 0.591. The van der Waals surface area contributed by atoms with Gasteiger partial charge in [-0.25, -0.2) is 0 Å². The SMILES string of the molecule is CC(C)Cc1ccc([C@H](C)C(=O)N2CCN(C(=O)CC[C@H](N)C(=O)O)CC2)cc1. The fourth-order valence-corrected chi connectivity index (χ4v) is 3.57. The van der Waals surface area contributed by atoms with Crippen molar-refractivity contribution in [2.24, 2.45) is 11.7 Å². The summed E-state index contributed by atoms with van der Waals surface area (Å²) in [5, 5.41) is 8.81. The lowest BCUT2D eigenvalue weighted by molar-refractivity contribution is -0.141. The van der Waals surface area contributed by atoms with E-state index in [2.05, 4.69) is 26.0 Å². The van der Waals surface area contributed by atoms with E-state index in [1.807, 2.05) is 19.1 Å². The van der Waals surface area contributed by atoms with Crippen molar-refractivity contribution < 1.29 is 19.5 Å². The number of hydrogen-bond acceptors (Lipinski definition) is 4. The number of amides is 2. The molecule has 1 aromatic rings. The fourth-order valence-electron chi connectivity index (χ4n) is 3.57. The van der Waals surface area contributed by atoms with E-state index >= 15 is 0 Å². The third-order valence-electron chi connectivity index (χ3n) is 5.42. The number of aliphatic carboxylic acids is 1. The first-order valence-corrected chi connectivity index (χ1v) is 10.3. The molecule has 29 heavy (non-hydrogen) atoms. The van der Waals surface area contributed by atoms with Crippen LogP contribution in [0.2, 0.25) is 0 Å². The van der Waals surface area contributed by atoms with E-state index in [1.54, 1.807) is 9.80 Å². The standard InChI is InChI=1S/C22H33N3O4/c1-15(2)14-17-4-6-18(7-5-17)16(3)21(27)25-12-10-24(11-13-25)20(26)9-8-19(23)22(28)29/h4-7,15-16,19H,8-14,23H2,1-3H3,(H,28,29)/t16-,19-/m0/s1. The monoisotopic (exact) mass is 403 g/mol. The number of carbonyl (C=O) groups excluding carboxylic acids is 2. The van der Waals surface area contributed by atoms with Gasteiger partial charge in [-0.2, -0.15) is 0 Å². The van der Waals surface area contributed by atoms with Crippen molar-refractivity contribution in [2.75, 3.05) is 26.2 Å². The zero-order valence-electron chi connectivity index (χ0n) is 17.6. The summed E-state index contributed by atoms with van der Waals surface area (Å²) >= 11 is 0.